The van der Waals surface area contributed by atoms with Crippen molar-refractivity contribution in [3.63, 3.8) is 0 Å². The molecule has 0 saturated carbocycles. The second-order valence-corrected chi connectivity index (χ2v) is 3.95. The van der Waals surface area contributed by atoms with E-state index in [0.717, 1.165) is 30.9 Å². The topological polar surface area (TPSA) is 67.0 Å². The lowest BCUT2D eigenvalue weighted by Crippen LogP contribution is -2.23. The lowest BCUT2D eigenvalue weighted by atomic mass is 10.2. The SMILES string of the molecule is CCOC(=O)C(C)c1nc2c([nH]1)CNCC2.Cl.Cl. The minimum absolute atomic E-state index is 0. The number of carbonyl (C=O) groups excluding carboxylic acids is 1. The lowest BCUT2D eigenvalue weighted by molar-refractivity contribution is -0.144. The van der Waals surface area contributed by atoms with Crippen molar-refractivity contribution in [1.29, 1.82) is 0 Å². The van der Waals surface area contributed by atoms with Crippen LogP contribution in [0.2, 0.25) is 0 Å². The number of imidazole rings is 1. The summed E-state index contributed by atoms with van der Waals surface area (Å²) >= 11 is 0. The van der Waals surface area contributed by atoms with Crippen molar-refractivity contribution >= 4 is 30.8 Å². The Labute approximate surface area is 119 Å². The summed E-state index contributed by atoms with van der Waals surface area (Å²) in [5, 5.41) is 3.26. The number of esters is 1. The van der Waals surface area contributed by atoms with Gasteiger partial charge in [-0.3, -0.25) is 4.79 Å². The molecule has 1 unspecified atom stereocenters. The van der Waals surface area contributed by atoms with Crippen molar-refractivity contribution < 1.29 is 9.53 Å². The average molecular weight is 296 g/mol. The van der Waals surface area contributed by atoms with Gasteiger partial charge in [0.2, 0.25) is 0 Å². The number of H-pyrrole nitrogens is 1. The second kappa shape index (κ2) is 7.61. The molecule has 1 aliphatic rings. The van der Waals surface area contributed by atoms with Crippen LogP contribution in [0.15, 0.2) is 0 Å². The molecule has 0 amide bonds. The highest BCUT2D eigenvalue weighted by atomic mass is 35.5. The summed E-state index contributed by atoms with van der Waals surface area (Å²) in [4.78, 5) is 19.2. The fourth-order valence-corrected chi connectivity index (χ4v) is 1.82. The molecule has 1 atom stereocenters. The second-order valence-electron chi connectivity index (χ2n) is 3.95. The van der Waals surface area contributed by atoms with Crippen LogP contribution in [0, 0.1) is 0 Å². The summed E-state index contributed by atoms with van der Waals surface area (Å²) in [7, 11) is 0. The Morgan fingerprint density at radius 1 is 1.50 bits per heavy atom. The number of ether oxygens (including phenoxy) is 1. The van der Waals surface area contributed by atoms with E-state index >= 15 is 0 Å². The number of nitrogens with zero attached hydrogens (tertiary/aromatic N) is 1. The van der Waals surface area contributed by atoms with E-state index in [1.165, 1.54) is 0 Å². The molecule has 2 rings (SSSR count). The van der Waals surface area contributed by atoms with E-state index in [1.54, 1.807) is 0 Å². The molecule has 1 aromatic heterocycles. The van der Waals surface area contributed by atoms with Crippen molar-refractivity contribution in [2.75, 3.05) is 13.2 Å². The number of carbonyl (C=O) groups is 1. The molecule has 1 aliphatic heterocycles. The molecule has 0 aromatic carbocycles. The molecular formula is C11H19Cl2N3O2. The van der Waals surface area contributed by atoms with Gasteiger partial charge in [-0.1, -0.05) is 0 Å². The van der Waals surface area contributed by atoms with E-state index in [0.29, 0.717) is 12.4 Å². The third-order valence-electron chi connectivity index (χ3n) is 2.77. The first kappa shape index (κ1) is 17.2. The van der Waals surface area contributed by atoms with Gasteiger partial charge in [-0.2, -0.15) is 0 Å². The molecule has 1 aromatic rings. The van der Waals surface area contributed by atoms with Gasteiger partial charge in [-0.05, 0) is 13.8 Å². The van der Waals surface area contributed by atoms with E-state index < -0.39 is 0 Å². The fraction of sp³-hybridized carbons (Fsp3) is 0.636. The zero-order valence-corrected chi connectivity index (χ0v) is 12.1. The molecule has 2 heterocycles. The van der Waals surface area contributed by atoms with Gasteiger partial charge in [-0.15, -0.1) is 24.8 Å². The molecule has 0 saturated heterocycles. The van der Waals surface area contributed by atoms with Gasteiger partial charge in [-0.25, -0.2) is 4.98 Å². The van der Waals surface area contributed by atoms with Gasteiger partial charge in [0, 0.05) is 19.5 Å². The summed E-state index contributed by atoms with van der Waals surface area (Å²) in [6.07, 6.45) is 0.918. The smallest absolute Gasteiger partial charge is 0.316 e. The van der Waals surface area contributed by atoms with Crippen LogP contribution in [-0.2, 0) is 22.5 Å². The summed E-state index contributed by atoms with van der Waals surface area (Å²) in [6.45, 7) is 5.78. The van der Waals surface area contributed by atoms with Crippen molar-refractivity contribution in [2.24, 2.45) is 0 Å². The van der Waals surface area contributed by atoms with Crippen molar-refractivity contribution in [1.82, 2.24) is 15.3 Å². The van der Waals surface area contributed by atoms with Gasteiger partial charge in [0.1, 0.15) is 11.7 Å². The highest BCUT2D eigenvalue weighted by Crippen LogP contribution is 2.18. The molecule has 104 valence electrons. The molecule has 2 N–H and O–H groups in total. The third kappa shape index (κ3) is 3.60. The Kier molecular flexibility index (Phi) is 7.28. The van der Waals surface area contributed by atoms with Gasteiger partial charge >= 0.3 is 5.97 Å². The number of hydrogen-bond acceptors (Lipinski definition) is 4. The van der Waals surface area contributed by atoms with Crippen LogP contribution in [-0.4, -0.2) is 29.1 Å². The van der Waals surface area contributed by atoms with E-state index in [-0.39, 0.29) is 36.7 Å². The Morgan fingerprint density at radius 3 is 2.83 bits per heavy atom. The summed E-state index contributed by atoms with van der Waals surface area (Å²) in [5.41, 5.74) is 2.17. The zero-order valence-electron chi connectivity index (χ0n) is 10.5. The normalized spacial score (nSPS) is 14.8. The number of fused-ring (bicyclic) bond motifs is 1. The van der Waals surface area contributed by atoms with Gasteiger partial charge in [0.15, 0.2) is 0 Å². The number of hydrogen-bond donors (Lipinski definition) is 2. The highest BCUT2D eigenvalue weighted by molar-refractivity contribution is 5.85. The molecule has 7 heteroatoms. The maximum absolute atomic E-state index is 11.6. The predicted octanol–water partition coefficient (Wildman–Crippen LogP) is 1.57. The zero-order chi connectivity index (χ0) is 11.5. The van der Waals surface area contributed by atoms with E-state index in [1.807, 2.05) is 13.8 Å². The quantitative estimate of drug-likeness (QED) is 0.831. The van der Waals surface area contributed by atoms with Gasteiger partial charge in [0.25, 0.3) is 0 Å². The summed E-state index contributed by atoms with van der Waals surface area (Å²) in [5.74, 6) is 0.180. The monoisotopic (exact) mass is 295 g/mol. The van der Waals surface area contributed by atoms with Crippen LogP contribution in [0.1, 0.15) is 37.0 Å². The molecule has 0 spiro atoms. The van der Waals surface area contributed by atoms with Crippen molar-refractivity contribution in [3.05, 3.63) is 17.2 Å². The van der Waals surface area contributed by atoms with Crippen molar-refractivity contribution in [3.8, 4) is 0 Å². The standard InChI is InChI=1S/C11H17N3O2.2ClH/c1-3-16-11(15)7(2)10-13-8-4-5-12-6-9(8)14-10;;/h7,12H,3-6H2,1-2H3,(H,13,14);2*1H. The van der Waals surface area contributed by atoms with E-state index in [2.05, 4.69) is 15.3 Å². The summed E-state index contributed by atoms with van der Waals surface area (Å²) in [6, 6.07) is 0. The average Bonchev–Trinajstić information content (AvgIpc) is 2.71. The van der Waals surface area contributed by atoms with Crippen LogP contribution in [0.4, 0.5) is 0 Å². The van der Waals surface area contributed by atoms with Crippen LogP contribution in [0.3, 0.4) is 0 Å². The Balaban J connectivity index is 0.00000144. The minimum Gasteiger partial charge on any atom is -0.465 e. The van der Waals surface area contributed by atoms with Crippen LogP contribution < -0.4 is 5.32 Å². The Bertz CT molecular complexity index is 372. The van der Waals surface area contributed by atoms with Crippen LogP contribution in [0.25, 0.3) is 0 Å². The van der Waals surface area contributed by atoms with Crippen LogP contribution in [0.5, 0.6) is 0 Å². The van der Waals surface area contributed by atoms with Gasteiger partial charge < -0.3 is 15.0 Å². The summed E-state index contributed by atoms with van der Waals surface area (Å²) < 4.78 is 4.98. The first-order chi connectivity index (χ1) is 7.72. The molecule has 18 heavy (non-hydrogen) atoms. The number of nitrogens with one attached hydrogen (secondary N) is 2. The number of halogens is 2. The number of rotatable bonds is 3. The first-order valence-corrected chi connectivity index (χ1v) is 5.67. The first-order valence-electron chi connectivity index (χ1n) is 5.67. The number of aromatic nitrogens is 2. The van der Waals surface area contributed by atoms with Gasteiger partial charge in [0.05, 0.1) is 18.0 Å². The molecule has 5 nitrogen and oxygen atoms in total. The predicted molar refractivity (Wildman–Crippen MR) is 73.5 cm³/mol. The number of aromatic amines is 1. The van der Waals surface area contributed by atoms with E-state index in [9.17, 15) is 4.79 Å². The Morgan fingerprint density at radius 2 is 2.22 bits per heavy atom. The highest BCUT2D eigenvalue weighted by Gasteiger charge is 2.22. The molecule has 0 aliphatic carbocycles. The molecular weight excluding hydrogens is 277 g/mol. The van der Waals surface area contributed by atoms with E-state index in [4.69, 9.17) is 4.74 Å². The van der Waals surface area contributed by atoms with Crippen molar-refractivity contribution in [2.45, 2.75) is 32.7 Å². The maximum Gasteiger partial charge on any atom is 0.316 e. The third-order valence-corrected chi connectivity index (χ3v) is 2.77. The molecule has 0 bridgehead atoms. The molecule has 0 fully saturated rings. The molecule has 0 radical (unpaired) electrons. The minimum atomic E-state index is -0.314. The fourth-order valence-electron chi connectivity index (χ4n) is 1.82. The maximum atomic E-state index is 11.6. The Hall–Kier alpha value is -0.780. The largest absolute Gasteiger partial charge is 0.465 e. The van der Waals surface area contributed by atoms with Crippen LogP contribution >= 0.6 is 24.8 Å². The lowest BCUT2D eigenvalue weighted by Gasteiger charge is -2.09.